The molecule has 3 aromatic carbocycles. The second-order valence-electron chi connectivity index (χ2n) is 9.48. The van der Waals surface area contributed by atoms with Gasteiger partial charge in [-0.15, -0.1) is 11.6 Å². The monoisotopic (exact) mass is 632 g/mol. The molecular formula is C33H43ClIP. The van der Waals surface area contributed by atoms with Crippen molar-refractivity contribution in [3.05, 3.63) is 103 Å². The molecule has 0 amide bonds. The summed E-state index contributed by atoms with van der Waals surface area (Å²) in [6.07, 6.45) is 20.6. The predicted octanol–water partition coefficient (Wildman–Crippen LogP) is 6.07. The molecule has 0 bridgehead atoms. The number of allylic oxidation sites excluding steroid dienone is 2. The molecule has 0 aliphatic rings. The van der Waals surface area contributed by atoms with Crippen LogP contribution in [0.25, 0.3) is 0 Å². The van der Waals surface area contributed by atoms with Crippen LogP contribution in [0.5, 0.6) is 0 Å². The number of alkyl halides is 1. The summed E-state index contributed by atoms with van der Waals surface area (Å²) in [5.41, 5.74) is 0. The number of halogens is 2. The van der Waals surface area contributed by atoms with Gasteiger partial charge in [0, 0.05) is 5.88 Å². The molecule has 0 aliphatic carbocycles. The molecule has 0 heterocycles. The third kappa shape index (κ3) is 9.96. The minimum atomic E-state index is -1.73. The molecule has 3 rings (SSSR count). The predicted molar refractivity (Wildman–Crippen MR) is 161 cm³/mol. The lowest BCUT2D eigenvalue weighted by molar-refractivity contribution is -0.00000698. The van der Waals surface area contributed by atoms with Gasteiger partial charge in [-0.1, -0.05) is 118 Å². The summed E-state index contributed by atoms with van der Waals surface area (Å²) in [7, 11) is -1.73. The van der Waals surface area contributed by atoms with Crippen LogP contribution in [0, 0.1) is 0 Å². The summed E-state index contributed by atoms with van der Waals surface area (Å²) in [6.45, 7) is 0. The first-order valence-corrected chi connectivity index (χ1v) is 16.1. The van der Waals surface area contributed by atoms with Gasteiger partial charge in [-0.25, -0.2) is 0 Å². The van der Waals surface area contributed by atoms with E-state index in [0.717, 1.165) is 12.0 Å². The van der Waals surface area contributed by atoms with E-state index in [4.69, 9.17) is 11.6 Å². The van der Waals surface area contributed by atoms with Gasteiger partial charge in [0.1, 0.15) is 23.2 Å². The van der Waals surface area contributed by atoms with E-state index in [1.54, 1.807) is 0 Å². The van der Waals surface area contributed by atoms with E-state index >= 15 is 0 Å². The summed E-state index contributed by atoms with van der Waals surface area (Å²) in [4.78, 5) is 0. The van der Waals surface area contributed by atoms with E-state index in [1.807, 2.05) is 0 Å². The molecule has 0 aliphatic heterocycles. The standard InChI is InChI=1S/C33H43ClP.HI/c34-29-21-10-8-6-4-2-1-3-5-7-9-11-22-30-35(31-23-15-12-16-24-31,32-25-17-13-18-26-32)33-27-19-14-20-28-33;/h11-20,22-28H,1-10,21,29-30H2;1H/q+1;/p-1. The molecular weight excluding hydrogens is 590 g/mol. The minimum absolute atomic E-state index is 0. The maximum absolute atomic E-state index is 5.75. The van der Waals surface area contributed by atoms with Crippen LogP contribution >= 0.6 is 18.9 Å². The van der Waals surface area contributed by atoms with Crippen molar-refractivity contribution in [3.63, 3.8) is 0 Å². The van der Waals surface area contributed by atoms with Crippen molar-refractivity contribution >= 4 is 34.8 Å². The van der Waals surface area contributed by atoms with E-state index in [2.05, 4.69) is 103 Å². The van der Waals surface area contributed by atoms with E-state index in [0.29, 0.717) is 0 Å². The molecule has 0 unspecified atom stereocenters. The Balaban J connectivity index is 0.00000456. The molecule has 0 N–H and O–H groups in total. The zero-order valence-electron chi connectivity index (χ0n) is 21.7. The van der Waals surface area contributed by atoms with Gasteiger partial charge in [0.25, 0.3) is 0 Å². The minimum Gasteiger partial charge on any atom is -1.00 e. The zero-order chi connectivity index (χ0) is 24.4. The molecule has 0 nitrogen and oxygen atoms in total. The molecule has 3 aromatic rings. The molecule has 0 atom stereocenters. The molecule has 3 heteroatoms. The van der Waals surface area contributed by atoms with Crippen molar-refractivity contribution < 1.29 is 24.0 Å². The Kier molecular flexibility index (Phi) is 16.4. The van der Waals surface area contributed by atoms with Crippen molar-refractivity contribution in [2.24, 2.45) is 0 Å². The summed E-state index contributed by atoms with van der Waals surface area (Å²) < 4.78 is 0. The highest BCUT2D eigenvalue weighted by Crippen LogP contribution is 2.55. The third-order valence-electron chi connectivity index (χ3n) is 6.89. The molecule has 0 fully saturated rings. The van der Waals surface area contributed by atoms with Crippen molar-refractivity contribution in [1.82, 2.24) is 0 Å². The maximum atomic E-state index is 5.75. The Morgan fingerprint density at radius 1 is 0.472 bits per heavy atom. The number of rotatable bonds is 17. The highest BCUT2D eigenvalue weighted by Gasteiger charge is 2.43. The highest BCUT2D eigenvalue weighted by molar-refractivity contribution is 7.95. The Morgan fingerprint density at radius 2 is 0.833 bits per heavy atom. The van der Waals surface area contributed by atoms with Crippen molar-refractivity contribution in [2.45, 2.75) is 70.6 Å². The highest BCUT2D eigenvalue weighted by atomic mass is 127. The number of unbranched alkanes of at least 4 members (excludes halogenated alkanes) is 10. The molecule has 36 heavy (non-hydrogen) atoms. The van der Waals surface area contributed by atoms with Gasteiger partial charge in [-0.2, -0.15) is 0 Å². The van der Waals surface area contributed by atoms with Crippen molar-refractivity contribution in [3.8, 4) is 0 Å². The maximum Gasteiger partial charge on any atom is 0.115 e. The van der Waals surface area contributed by atoms with Crippen LogP contribution in [0.3, 0.4) is 0 Å². The first kappa shape index (κ1) is 31.1. The van der Waals surface area contributed by atoms with Gasteiger partial charge in [-0.3, -0.25) is 0 Å². The fraction of sp³-hybridized carbons (Fsp3) is 0.394. The smallest absolute Gasteiger partial charge is 0.115 e. The third-order valence-corrected chi connectivity index (χ3v) is 11.5. The van der Waals surface area contributed by atoms with Gasteiger partial charge in [0.15, 0.2) is 0 Å². The van der Waals surface area contributed by atoms with Crippen LogP contribution in [0.2, 0.25) is 0 Å². The lowest BCUT2D eigenvalue weighted by atomic mass is 10.1. The van der Waals surface area contributed by atoms with Crippen LogP contribution in [0.1, 0.15) is 70.6 Å². The van der Waals surface area contributed by atoms with E-state index in [-0.39, 0.29) is 24.0 Å². The van der Waals surface area contributed by atoms with Crippen molar-refractivity contribution in [2.75, 3.05) is 12.0 Å². The number of hydrogen-bond acceptors (Lipinski definition) is 0. The summed E-state index contributed by atoms with van der Waals surface area (Å²) >= 11 is 5.75. The van der Waals surface area contributed by atoms with E-state index < -0.39 is 7.26 Å². The second kappa shape index (κ2) is 19.0. The topological polar surface area (TPSA) is 0 Å². The normalized spacial score (nSPS) is 11.5. The van der Waals surface area contributed by atoms with E-state index in [1.165, 1.54) is 86.5 Å². The van der Waals surface area contributed by atoms with Crippen molar-refractivity contribution in [1.29, 1.82) is 0 Å². The Labute approximate surface area is 243 Å². The lowest BCUT2D eigenvalue weighted by Gasteiger charge is -2.26. The summed E-state index contributed by atoms with van der Waals surface area (Å²) in [6, 6.07) is 33.6. The summed E-state index contributed by atoms with van der Waals surface area (Å²) in [5, 5.41) is 4.39. The van der Waals surface area contributed by atoms with E-state index in [9.17, 15) is 0 Å². The fourth-order valence-electron chi connectivity index (χ4n) is 4.93. The quantitative estimate of drug-likeness (QED) is 0.0557. The van der Waals surface area contributed by atoms with Crippen LogP contribution in [-0.2, 0) is 0 Å². The van der Waals surface area contributed by atoms with Gasteiger partial charge < -0.3 is 24.0 Å². The van der Waals surface area contributed by atoms with Crippen LogP contribution in [0.15, 0.2) is 103 Å². The van der Waals surface area contributed by atoms with Gasteiger partial charge in [-0.05, 0) is 55.7 Å². The number of benzene rings is 3. The van der Waals surface area contributed by atoms with Gasteiger partial charge in [0.05, 0.1) is 6.16 Å². The molecule has 0 aromatic heterocycles. The molecule has 0 saturated carbocycles. The van der Waals surface area contributed by atoms with Crippen LogP contribution in [0.4, 0.5) is 0 Å². The zero-order valence-corrected chi connectivity index (χ0v) is 25.5. The largest absolute Gasteiger partial charge is 1.00 e. The van der Waals surface area contributed by atoms with Crippen LogP contribution in [-0.4, -0.2) is 12.0 Å². The first-order valence-electron chi connectivity index (χ1n) is 13.6. The Bertz CT molecular complexity index is 847. The lowest BCUT2D eigenvalue weighted by Crippen LogP contribution is -3.00. The van der Waals surface area contributed by atoms with Gasteiger partial charge in [0.2, 0.25) is 0 Å². The molecule has 0 radical (unpaired) electrons. The molecule has 0 spiro atoms. The average Bonchev–Trinajstić information content (AvgIpc) is 2.93. The number of hydrogen-bond donors (Lipinski definition) is 0. The second-order valence-corrected chi connectivity index (χ2v) is 13.4. The molecule has 0 saturated heterocycles. The fourth-order valence-corrected chi connectivity index (χ4v) is 9.16. The Morgan fingerprint density at radius 3 is 1.22 bits per heavy atom. The first-order chi connectivity index (χ1) is 17.4. The molecule has 194 valence electrons. The Hall–Kier alpha value is -1.15. The average molecular weight is 633 g/mol. The SMILES string of the molecule is ClCCCCCCCCCCCCC=CC[P+](c1ccccc1)(c1ccccc1)c1ccccc1.[I-]. The summed E-state index contributed by atoms with van der Waals surface area (Å²) in [5.74, 6) is 0.821. The van der Waals surface area contributed by atoms with Crippen LogP contribution < -0.4 is 39.9 Å². The van der Waals surface area contributed by atoms with Gasteiger partial charge >= 0.3 is 0 Å².